The molecule has 0 bridgehead atoms. The molecule has 1 saturated heterocycles. The summed E-state index contributed by atoms with van der Waals surface area (Å²) in [6.45, 7) is 1.56. The van der Waals surface area contributed by atoms with Crippen molar-refractivity contribution in [1.29, 1.82) is 0 Å². The summed E-state index contributed by atoms with van der Waals surface area (Å²) in [7, 11) is -3.48. The first kappa shape index (κ1) is 26.3. The van der Waals surface area contributed by atoms with Crippen LogP contribution >= 0.6 is 0 Å². The number of aromatic nitrogens is 1. The average Bonchev–Trinajstić information content (AvgIpc) is 3.31. The molecule has 0 radical (unpaired) electrons. The molecule has 5 rings (SSSR count). The number of nitrogens with zero attached hydrogens (tertiary/aromatic N) is 1. The summed E-state index contributed by atoms with van der Waals surface area (Å²) >= 11 is 0. The molecule has 2 heterocycles. The predicted molar refractivity (Wildman–Crippen MR) is 143 cm³/mol. The zero-order valence-corrected chi connectivity index (χ0v) is 21.6. The van der Waals surface area contributed by atoms with E-state index in [9.17, 15) is 26.8 Å². The average molecular weight is 555 g/mol. The number of sulfonamides is 1. The molecular weight excluding hydrogens is 530 g/mol. The number of hydrogen-bond donors (Lipinski definition) is 3. The molecule has 1 aliphatic heterocycles. The van der Waals surface area contributed by atoms with E-state index in [0.29, 0.717) is 42.9 Å². The van der Waals surface area contributed by atoms with Gasteiger partial charge in [-0.3, -0.25) is 14.3 Å². The van der Waals surface area contributed by atoms with Crippen LogP contribution in [-0.4, -0.2) is 62.7 Å². The minimum atomic E-state index is -3.48. The molecule has 0 atom stereocenters. The quantitative estimate of drug-likeness (QED) is 0.330. The number of morpholine rings is 1. The van der Waals surface area contributed by atoms with Crippen LogP contribution in [0.4, 0.5) is 20.2 Å². The van der Waals surface area contributed by atoms with Gasteiger partial charge in [0, 0.05) is 46.9 Å². The van der Waals surface area contributed by atoms with Crippen molar-refractivity contribution in [2.75, 3.05) is 42.6 Å². The number of H-pyrrole nitrogens is 1. The van der Waals surface area contributed by atoms with Crippen LogP contribution in [0.15, 0.2) is 60.7 Å². The number of rotatable bonds is 6. The van der Waals surface area contributed by atoms with Crippen molar-refractivity contribution in [3.05, 3.63) is 83.6 Å². The predicted octanol–water partition coefficient (Wildman–Crippen LogP) is 4.21. The summed E-state index contributed by atoms with van der Waals surface area (Å²) in [6, 6.07) is 14.0. The highest BCUT2D eigenvalue weighted by Crippen LogP contribution is 2.29. The van der Waals surface area contributed by atoms with Gasteiger partial charge in [0.2, 0.25) is 10.0 Å². The summed E-state index contributed by atoms with van der Waals surface area (Å²) in [6.07, 6.45) is 1.04. The second-order valence-corrected chi connectivity index (χ2v) is 10.9. The van der Waals surface area contributed by atoms with Crippen LogP contribution in [0, 0.1) is 11.6 Å². The summed E-state index contributed by atoms with van der Waals surface area (Å²) in [5.74, 6) is -2.39. The van der Waals surface area contributed by atoms with Crippen molar-refractivity contribution in [2.24, 2.45) is 0 Å². The second kappa shape index (κ2) is 10.5. The molecule has 202 valence electrons. The molecule has 1 fully saturated rings. The maximum absolute atomic E-state index is 14.6. The fourth-order valence-corrected chi connectivity index (χ4v) is 4.93. The molecule has 9 nitrogen and oxygen atoms in total. The van der Waals surface area contributed by atoms with E-state index in [-0.39, 0.29) is 34.0 Å². The van der Waals surface area contributed by atoms with Crippen LogP contribution in [0.2, 0.25) is 0 Å². The summed E-state index contributed by atoms with van der Waals surface area (Å²) < 4.78 is 59.0. The van der Waals surface area contributed by atoms with E-state index in [2.05, 4.69) is 15.0 Å². The fraction of sp³-hybridized carbons (Fsp3) is 0.185. The third-order valence-corrected chi connectivity index (χ3v) is 6.76. The molecule has 1 aliphatic rings. The number of anilines is 2. The fourth-order valence-electron chi connectivity index (χ4n) is 4.38. The molecule has 12 heteroatoms. The van der Waals surface area contributed by atoms with Crippen LogP contribution in [0.3, 0.4) is 0 Å². The summed E-state index contributed by atoms with van der Waals surface area (Å²) in [4.78, 5) is 30.9. The van der Waals surface area contributed by atoms with Gasteiger partial charge in [-0.1, -0.05) is 6.07 Å². The van der Waals surface area contributed by atoms with Crippen molar-refractivity contribution in [2.45, 2.75) is 0 Å². The van der Waals surface area contributed by atoms with E-state index >= 15 is 0 Å². The third-order valence-electron chi connectivity index (χ3n) is 6.15. The van der Waals surface area contributed by atoms with E-state index < -0.39 is 27.6 Å². The highest BCUT2D eigenvalue weighted by Gasteiger charge is 2.21. The number of ether oxygens (including phenoxy) is 1. The summed E-state index contributed by atoms with van der Waals surface area (Å²) in [5, 5.41) is 3.41. The van der Waals surface area contributed by atoms with Crippen molar-refractivity contribution < 1.29 is 31.5 Å². The first-order valence-electron chi connectivity index (χ1n) is 12.0. The minimum Gasteiger partial charge on any atom is -0.378 e. The van der Waals surface area contributed by atoms with Crippen LogP contribution in [0.5, 0.6) is 0 Å². The van der Waals surface area contributed by atoms with Gasteiger partial charge < -0.3 is 19.9 Å². The van der Waals surface area contributed by atoms with Gasteiger partial charge in [-0.2, -0.15) is 0 Å². The number of aromatic amines is 1. The molecule has 0 saturated carbocycles. The molecule has 0 aliphatic carbocycles. The molecule has 2 amide bonds. The van der Waals surface area contributed by atoms with E-state index in [0.717, 1.165) is 18.4 Å². The van der Waals surface area contributed by atoms with Crippen LogP contribution in [-0.2, 0) is 14.8 Å². The number of amides is 2. The number of carbonyl (C=O) groups is 2. The van der Waals surface area contributed by atoms with Crippen molar-refractivity contribution in [3.8, 4) is 11.1 Å². The van der Waals surface area contributed by atoms with Gasteiger partial charge in [-0.25, -0.2) is 17.2 Å². The number of hydrogen-bond acceptors (Lipinski definition) is 5. The molecule has 3 aromatic carbocycles. The van der Waals surface area contributed by atoms with E-state index in [1.54, 1.807) is 29.2 Å². The van der Waals surface area contributed by atoms with Gasteiger partial charge in [0.05, 0.1) is 25.2 Å². The molecule has 39 heavy (non-hydrogen) atoms. The number of benzene rings is 3. The monoisotopic (exact) mass is 554 g/mol. The number of nitrogens with one attached hydrogen (secondary N) is 3. The molecule has 3 N–H and O–H groups in total. The Balaban J connectivity index is 1.48. The Morgan fingerprint density at radius 2 is 1.72 bits per heavy atom. The van der Waals surface area contributed by atoms with Crippen LogP contribution in [0.25, 0.3) is 22.0 Å². The first-order chi connectivity index (χ1) is 18.6. The lowest BCUT2D eigenvalue weighted by Gasteiger charge is -2.27. The molecule has 4 aromatic rings. The number of carbonyl (C=O) groups excluding carboxylic acids is 2. The van der Waals surface area contributed by atoms with Crippen LogP contribution in [0.1, 0.15) is 20.8 Å². The van der Waals surface area contributed by atoms with E-state index in [1.165, 1.54) is 24.3 Å². The number of fused-ring (bicyclic) bond motifs is 1. The van der Waals surface area contributed by atoms with Crippen LogP contribution < -0.4 is 10.0 Å². The lowest BCUT2D eigenvalue weighted by Crippen LogP contribution is -2.40. The zero-order valence-electron chi connectivity index (χ0n) is 20.8. The van der Waals surface area contributed by atoms with Gasteiger partial charge in [0.1, 0.15) is 17.3 Å². The summed E-state index contributed by atoms with van der Waals surface area (Å²) in [5.41, 5.74) is 1.85. The topological polar surface area (TPSA) is 121 Å². The van der Waals surface area contributed by atoms with Crippen molar-refractivity contribution >= 4 is 44.1 Å². The highest BCUT2D eigenvalue weighted by molar-refractivity contribution is 7.92. The molecular formula is C27H24F2N4O5S. The first-order valence-corrected chi connectivity index (χ1v) is 13.8. The maximum atomic E-state index is 14.6. The Morgan fingerprint density at radius 3 is 2.44 bits per heavy atom. The van der Waals surface area contributed by atoms with E-state index in [4.69, 9.17) is 4.74 Å². The number of halogens is 2. The lowest BCUT2D eigenvalue weighted by atomic mass is 10.0. The Bertz CT molecular complexity index is 1700. The maximum Gasteiger partial charge on any atom is 0.272 e. The Hall–Kier alpha value is -4.29. The SMILES string of the molecule is CS(=O)(=O)Nc1ccc2cc(C(=O)Nc3cc(C(=O)N4CCOCC4)cc(-c4ccc(F)cc4F)c3)[nH]c2c1. The lowest BCUT2D eigenvalue weighted by molar-refractivity contribution is 0.0303. The van der Waals surface area contributed by atoms with Crippen molar-refractivity contribution in [1.82, 2.24) is 9.88 Å². The normalized spacial score (nSPS) is 13.9. The van der Waals surface area contributed by atoms with Crippen molar-refractivity contribution in [3.63, 3.8) is 0 Å². The smallest absolute Gasteiger partial charge is 0.272 e. The largest absolute Gasteiger partial charge is 0.378 e. The Labute approximate surface area is 222 Å². The highest BCUT2D eigenvalue weighted by atomic mass is 32.2. The van der Waals surface area contributed by atoms with E-state index in [1.807, 2.05) is 0 Å². The van der Waals surface area contributed by atoms with Gasteiger partial charge in [-0.15, -0.1) is 0 Å². The zero-order chi connectivity index (χ0) is 27.7. The van der Waals surface area contributed by atoms with Gasteiger partial charge in [0.25, 0.3) is 11.8 Å². The third kappa shape index (κ3) is 6.07. The van der Waals surface area contributed by atoms with Gasteiger partial charge in [0.15, 0.2) is 0 Å². The standard InChI is InChI=1S/C27H24F2N4O5S/c1-39(36,37)32-20-4-2-16-13-25(31-24(16)15-20)26(34)30-21-11-17(22-5-3-19(28)14-23(22)29)10-18(12-21)27(35)33-6-8-38-9-7-33/h2-5,10-15,31-32H,6-9H2,1H3,(H,30,34). The molecule has 0 unspecified atom stereocenters. The Kier molecular flexibility index (Phi) is 7.06. The second-order valence-electron chi connectivity index (χ2n) is 9.14. The van der Waals surface area contributed by atoms with Gasteiger partial charge >= 0.3 is 0 Å². The van der Waals surface area contributed by atoms with Gasteiger partial charge in [-0.05, 0) is 54.1 Å². The Morgan fingerprint density at radius 1 is 0.949 bits per heavy atom. The molecule has 0 spiro atoms. The molecule has 1 aromatic heterocycles. The minimum absolute atomic E-state index is 0.0695.